The Morgan fingerprint density at radius 2 is 2.28 bits per heavy atom. The molecular formula is C12H9ClFN3S. The number of anilines is 1. The Hall–Kier alpha value is -1.59. The van der Waals surface area contributed by atoms with Gasteiger partial charge in [-0.2, -0.15) is 0 Å². The van der Waals surface area contributed by atoms with Crippen LogP contribution >= 0.6 is 22.9 Å². The number of nitrogens with one attached hydrogen (secondary N) is 1. The summed E-state index contributed by atoms with van der Waals surface area (Å²) in [5, 5.41) is 5.45. The third kappa shape index (κ3) is 2.32. The van der Waals surface area contributed by atoms with Crippen molar-refractivity contribution in [1.29, 1.82) is 0 Å². The van der Waals surface area contributed by atoms with Crippen LogP contribution in [0.3, 0.4) is 0 Å². The van der Waals surface area contributed by atoms with Gasteiger partial charge in [-0.3, -0.25) is 4.40 Å². The molecule has 3 nitrogen and oxygen atoms in total. The molecule has 0 bridgehead atoms. The first-order valence-electron chi connectivity index (χ1n) is 5.32. The Bertz CT molecular complexity index is 643. The van der Waals surface area contributed by atoms with Gasteiger partial charge < -0.3 is 5.32 Å². The average Bonchev–Trinajstić information content (AvgIpc) is 2.84. The molecule has 92 valence electrons. The molecule has 0 saturated carbocycles. The van der Waals surface area contributed by atoms with E-state index in [0.29, 0.717) is 17.3 Å². The predicted molar refractivity (Wildman–Crippen MR) is 71.8 cm³/mol. The zero-order chi connectivity index (χ0) is 12.5. The minimum Gasteiger partial charge on any atom is -0.379 e. The molecule has 0 unspecified atom stereocenters. The molecule has 2 aromatic heterocycles. The number of rotatable bonds is 3. The number of halogens is 2. The zero-order valence-electron chi connectivity index (χ0n) is 9.23. The average molecular weight is 282 g/mol. The van der Waals surface area contributed by atoms with E-state index in [-0.39, 0.29) is 5.82 Å². The van der Waals surface area contributed by atoms with E-state index in [1.165, 1.54) is 12.1 Å². The standard InChI is InChI=1S/C12H9ClFN3S/c13-8-3-9(14)5-10(4-8)15-6-11-7-17-1-2-18-12(17)16-11/h1-5,7,15H,6H2. The summed E-state index contributed by atoms with van der Waals surface area (Å²) in [6, 6.07) is 4.37. The van der Waals surface area contributed by atoms with Gasteiger partial charge in [0.05, 0.1) is 12.2 Å². The van der Waals surface area contributed by atoms with Crippen LogP contribution in [-0.2, 0) is 6.54 Å². The number of nitrogens with zero attached hydrogens (tertiary/aromatic N) is 2. The highest BCUT2D eigenvalue weighted by Crippen LogP contribution is 2.19. The molecule has 0 spiro atoms. The van der Waals surface area contributed by atoms with Crippen LogP contribution in [0.1, 0.15) is 5.69 Å². The second-order valence-electron chi connectivity index (χ2n) is 3.84. The maximum absolute atomic E-state index is 13.1. The highest BCUT2D eigenvalue weighted by molar-refractivity contribution is 7.15. The predicted octanol–water partition coefficient (Wildman–Crippen LogP) is 3.80. The number of fused-ring (bicyclic) bond motifs is 1. The van der Waals surface area contributed by atoms with Crippen molar-refractivity contribution in [3.63, 3.8) is 0 Å². The van der Waals surface area contributed by atoms with Crippen LogP contribution in [-0.4, -0.2) is 9.38 Å². The molecule has 6 heteroatoms. The summed E-state index contributed by atoms with van der Waals surface area (Å²) in [7, 11) is 0. The van der Waals surface area contributed by atoms with Crippen LogP contribution in [0, 0.1) is 5.82 Å². The van der Waals surface area contributed by atoms with Gasteiger partial charge in [0.1, 0.15) is 5.82 Å². The molecule has 1 N–H and O–H groups in total. The van der Waals surface area contributed by atoms with Gasteiger partial charge in [-0.25, -0.2) is 9.37 Å². The molecule has 2 heterocycles. The first-order valence-corrected chi connectivity index (χ1v) is 6.57. The van der Waals surface area contributed by atoms with Gasteiger partial charge in [0, 0.05) is 28.5 Å². The highest BCUT2D eigenvalue weighted by atomic mass is 35.5. The molecule has 0 saturated heterocycles. The molecule has 0 atom stereocenters. The Morgan fingerprint density at radius 3 is 3.06 bits per heavy atom. The summed E-state index contributed by atoms with van der Waals surface area (Å²) in [4.78, 5) is 5.37. The number of benzene rings is 1. The van der Waals surface area contributed by atoms with Crippen LogP contribution in [0.5, 0.6) is 0 Å². The van der Waals surface area contributed by atoms with Gasteiger partial charge in [0.25, 0.3) is 0 Å². The van der Waals surface area contributed by atoms with Crippen molar-refractivity contribution >= 4 is 33.6 Å². The molecule has 0 aliphatic heterocycles. The fraction of sp³-hybridized carbons (Fsp3) is 0.0833. The lowest BCUT2D eigenvalue weighted by Crippen LogP contribution is -2.00. The molecule has 18 heavy (non-hydrogen) atoms. The molecular weight excluding hydrogens is 273 g/mol. The topological polar surface area (TPSA) is 29.3 Å². The summed E-state index contributed by atoms with van der Waals surface area (Å²) in [6.07, 6.45) is 3.90. The molecule has 3 aromatic rings. The summed E-state index contributed by atoms with van der Waals surface area (Å²) >= 11 is 7.36. The Balaban J connectivity index is 1.75. The van der Waals surface area contributed by atoms with E-state index in [9.17, 15) is 4.39 Å². The number of hydrogen-bond donors (Lipinski definition) is 1. The van der Waals surface area contributed by atoms with Crippen LogP contribution < -0.4 is 5.32 Å². The van der Waals surface area contributed by atoms with Crippen LogP contribution in [0.2, 0.25) is 5.02 Å². The zero-order valence-corrected chi connectivity index (χ0v) is 10.8. The van der Waals surface area contributed by atoms with Crippen molar-refractivity contribution < 1.29 is 4.39 Å². The van der Waals surface area contributed by atoms with E-state index in [4.69, 9.17) is 11.6 Å². The molecule has 0 fully saturated rings. The smallest absolute Gasteiger partial charge is 0.193 e. The SMILES string of the molecule is Fc1cc(Cl)cc(NCc2cn3ccsc3n2)c1. The Kier molecular flexibility index (Phi) is 2.93. The van der Waals surface area contributed by atoms with Gasteiger partial charge in [-0.1, -0.05) is 11.6 Å². The second-order valence-corrected chi connectivity index (χ2v) is 5.15. The molecule has 0 amide bonds. The van der Waals surface area contributed by atoms with Crippen molar-refractivity contribution in [2.24, 2.45) is 0 Å². The molecule has 3 rings (SSSR count). The minimum absolute atomic E-state index is 0.351. The lowest BCUT2D eigenvalue weighted by molar-refractivity contribution is 0.628. The second kappa shape index (κ2) is 4.59. The summed E-state index contributed by atoms with van der Waals surface area (Å²) in [6.45, 7) is 0.536. The molecule has 1 aromatic carbocycles. The van der Waals surface area contributed by atoms with Crippen molar-refractivity contribution in [3.05, 3.63) is 52.5 Å². The quantitative estimate of drug-likeness (QED) is 0.791. The summed E-state index contributed by atoms with van der Waals surface area (Å²) in [5.41, 5.74) is 1.55. The van der Waals surface area contributed by atoms with Gasteiger partial charge in [-0.05, 0) is 18.2 Å². The first kappa shape index (κ1) is 11.5. The molecule has 0 aliphatic rings. The number of aromatic nitrogens is 2. The number of hydrogen-bond acceptors (Lipinski definition) is 3. The van der Waals surface area contributed by atoms with E-state index in [1.807, 2.05) is 22.2 Å². The lowest BCUT2D eigenvalue weighted by atomic mass is 10.3. The number of imidazole rings is 1. The maximum atomic E-state index is 13.1. The third-order valence-electron chi connectivity index (χ3n) is 2.48. The lowest BCUT2D eigenvalue weighted by Gasteiger charge is -2.04. The van der Waals surface area contributed by atoms with Crippen molar-refractivity contribution in [1.82, 2.24) is 9.38 Å². The largest absolute Gasteiger partial charge is 0.379 e. The maximum Gasteiger partial charge on any atom is 0.193 e. The molecule has 0 radical (unpaired) electrons. The minimum atomic E-state index is -0.351. The first-order chi connectivity index (χ1) is 8.70. The Morgan fingerprint density at radius 1 is 1.39 bits per heavy atom. The monoisotopic (exact) mass is 281 g/mol. The van der Waals surface area contributed by atoms with Crippen molar-refractivity contribution in [3.8, 4) is 0 Å². The van der Waals surface area contributed by atoms with Crippen molar-refractivity contribution in [2.45, 2.75) is 6.54 Å². The fourth-order valence-electron chi connectivity index (χ4n) is 1.71. The van der Waals surface area contributed by atoms with E-state index in [0.717, 1.165) is 10.7 Å². The number of thiazole rings is 1. The fourth-order valence-corrected chi connectivity index (χ4v) is 2.65. The summed E-state index contributed by atoms with van der Waals surface area (Å²) in [5.74, 6) is -0.351. The van der Waals surface area contributed by atoms with Gasteiger partial charge in [-0.15, -0.1) is 11.3 Å². The highest BCUT2D eigenvalue weighted by Gasteiger charge is 2.03. The summed E-state index contributed by atoms with van der Waals surface area (Å²) < 4.78 is 15.1. The van der Waals surface area contributed by atoms with Crippen LogP contribution in [0.15, 0.2) is 36.0 Å². The van der Waals surface area contributed by atoms with E-state index in [1.54, 1.807) is 17.4 Å². The van der Waals surface area contributed by atoms with E-state index in [2.05, 4.69) is 10.3 Å². The van der Waals surface area contributed by atoms with E-state index < -0.39 is 0 Å². The molecule has 0 aliphatic carbocycles. The van der Waals surface area contributed by atoms with Crippen LogP contribution in [0.25, 0.3) is 4.96 Å². The van der Waals surface area contributed by atoms with Crippen LogP contribution in [0.4, 0.5) is 10.1 Å². The van der Waals surface area contributed by atoms with Crippen molar-refractivity contribution in [2.75, 3.05) is 5.32 Å². The third-order valence-corrected chi connectivity index (χ3v) is 3.47. The Labute approximate surface area is 112 Å². The van der Waals surface area contributed by atoms with Gasteiger partial charge in [0.2, 0.25) is 0 Å². The normalized spacial score (nSPS) is 11.0. The van der Waals surface area contributed by atoms with Gasteiger partial charge in [0.15, 0.2) is 4.96 Å². The van der Waals surface area contributed by atoms with E-state index >= 15 is 0 Å². The van der Waals surface area contributed by atoms with Gasteiger partial charge >= 0.3 is 0 Å².